The molecule has 1 N–H and O–H groups in total. The quantitative estimate of drug-likeness (QED) is 0.593. The van der Waals surface area contributed by atoms with Gasteiger partial charge in [-0.25, -0.2) is 14.2 Å². The van der Waals surface area contributed by atoms with Crippen LogP contribution >= 0.6 is 0 Å². The number of rotatable bonds is 2. The fraction of sp³-hybridized carbons (Fsp3) is 0.190. The summed E-state index contributed by atoms with van der Waals surface area (Å²) in [6.07, 6.45) is -2.15. The van der Waals surface area contributed by atoms with E-state index in [0.717, 1.165) is 24.4 Å². The number of urea groups is 1. The van der Waals surface area contributed by atoms with Crippen molar-refractivity contribution in [2.45, 2.75) is 6.18 Å². The van der Waals surface area contributed by atoms with Gasteiger partial charge in [-0.2, -0.15) is 13.2 Å². The molecule has 0 spiro atoms. The number of fused-ring (bicyclic) bond motifs is 1. The molecular formula is C21H17F4N5O. The van der Waals surface area contributed by atoms with E-state index in [1.165, 1.54) is 23.2 Å². The summed E-state index contributed by atoms with van der Waals surface area (Å²) in [5, 5.41) is 2.57. The molecule has 0 saturated heterocycles. The molecular weight excluding hydrogens is 414 g/mol. The Bertz CT molecular complexity index is 1130. The molecule has 1 aromatic carbocycles. The summed E-state index contributed by atoms with van der Waals surface area (Å²) in [6, 6.07) is 8.76. The van der Waals surface area contributed by atoms with Crippen LogP contribution in [0, 0.1) is 5.82 Å². The SMILES string of the molecule is CN1CCN(C(=O)Nc2cncc(F)c2)c2nc(-c3cccc(C(F)(F)F)c3)ccc21. The minimum absolute atomic E-state index is 0.180. The molecule has 0 aliphatic carbocycles. The van der Waals surface area contributed by atoms with E-state index >= 15 is 0 Å². The van der Waals surface area contributed by atoms with Crippen LogP contribution in [-0.4, -0.2) is 36.1 Å². The van der Waals surface area contributed by atoms with Crippen LogP contribution in [0.2, 0.25) is 0 Å². The molecule has 1 aliphatic heterocycles. The average Bonchev–Trinajstić information content (AvgIpc) is 2.73. The topological polar surface area (TPSA) is 61.4 Å². The molecule has 31 heavy (non-hydrogen) atoms. The van der Waals surface area contributed by atoms with Gasteiger partial charge in [-0.05, 0) is 24.3 Å². The van der Waals surface area contributed by atoms with Crippen molar-refractivity contribution in [3.63, 3.8) is 0 Å². The van der Waals surface area contributed by atoms with E-state index in [4.69, 9.17) is 0 Å². The van der Waals surface area contributed by atoms with Gasteiger partial charge < -0.3 is 10.2 Å². The third-order valence-electron chi connectivity index (χ3n) is 4.87. The molecule has 3 aromatic rings. The standard InChI is InChI=1S/C21H17F4N5O/c1-29-7-8-30(20(31)27-16-10-15(22)11-26-12-16)19-18(29)6-5-17(28-19)13-3-2-4-14(9-13)21(23,24)25/h2-6,9-12H,7-8H2,1H3,(H,27,31). The molecule has 160 valence electrons. The predicted octanol–water partition coefficient (Wildman–Crippen LogP) is 4.79. The summed E-state index contributed by atoms with van der Waals surface area (Å²) in [5.41, 5.74) is 0.620. The molecule has 6 nitrogen and oxygen atoms in total. The lowest BCUT2D eigenvalue weighted by atomic mass is 10.1. The third-order valence-corrected chi connectivity index (χ3v) is 4.87. The van der Waals surface area contributed by atoms with Crippen molar-refractivity contribution in [3.05, 3.63) is 66.2 Å². The van der Waals surface area contributed by atoms with Gasteiger partial charge in [0.2, 0.25) is 0 Å². The maximum Gasteiger partial charge on any atom is 0.416 e. The number of amides is 2. The first-order valence-corrected chi connectivity index (χ1v) is 9.31. The van der Waals surface area contributed by atoms with Gasteiger partial charge in [-0.1, -0.05) is 12.1 Å². The van der Waals surface area contributed by atoms with Gasteiger partial charge in [0, 0.05) is 31.8 Å². The second kappa shape index (κ2) is 7.86. The number of carbonyl (C=O) groups excluding carboxylic acids is 1. The molecule has 10 heteroatoms. The van der Waals surface area contributed by atoms with Crippen molar-refractivity contribution in [3.8, 4) is 11.3 Å². The third kappa shape index (κ3) is 4.27. The maximum atomic E-state index is 13.4. The van der Waals surface area contributed by atoms with E-state index in [0.29, 0.717) is 23.7 Å². The van der Waals surface area contributed by atoms with E-state index in [9.17, 15) is 22.4 Å². The number of pyridine rings is 2. The summed E-state index contributed by atoms with van der Waals surface area (Å²) in [7, 11) is 1.83. The first kappa shape index (κ1) is 20.6. The summed E-state index contributed by atoms with van der Waals surface area (Å²) in [4.78, 5) is 24.3. The van der Waals surface area contributed by atoms with Crippen molar-refractivity contribution in [2.24, 2.45) is 0 Å². The number of benzene rings is 1. The Morgan fingerprint density at radius 3 is 2.65 bits per heavy atom. The Morgan fingerprint density at radius 1 is 1.10 bits per heavy atom. The molecule has 0 bridgehead atoms. The molecule has 4 rings (SSSR count). The van der Waals surface area contributed by atoms with Crippen LogP contribution in [-0.2, 0) is 6.18 Å². The number of anilines is 3. The minimum Gasteiger partial charge on any atom is -0.370 e. The van der Waals surface area contributed by atoms with Crippen molar-refractivity contribution in [1.82, 2.24) is 9.97 Å². The van der Waals surface area contributed by atoms with Crippen molar-refractivity contribution in [1.29, 1.82) is 0 Å². The summed E-state index contributed by atoms with van der Waals surface area (Å²) in [5.74, 6) is -0.299. The first-order chi connectivity index (χ1) is 14.7. The monoisotopic (exact) mass is 431 g/mol. The smallest absolute Gasteiger partial charge is 0.370 e. The molecule has 2 aromatic heterocycles. The Labute approximate surface area is 175 Å². The fourth-order valence-corrected chi connectivity index (χ4v) is 3.30. The van der Waals surface area contributed by atoms with Gasteiger partial charge in [0.15, 0.2) is 5.82 Å². The Kier molecular flexibility index (Phi) is 5.22. The van der Waals surface area contributed by atoms with E-state index < -0.39 is 23.6 Å². The molecule has 0 radical (unpaired) electrons. The Morgan fingerprint density at radius 2 is 1.90 bits per heavy atom. The van der Waals surface area contributed by atoms with E-state index in [1.54, 1.807) is 12.1 Å². The molecule has 1 aliphatic rings. The number of alkyl halides is 3. The summed E-state index contributed by atoms with van der Waals surface area (Å²) in [6.45, 7) is 0.809. The normalized spacial score (nSPS) is 13.7. The number of nitrogens with one attached hydrogen (secondary N) is 1. The highest BCUT2D eigenvalue weighted by molar-refractivity contribution is 6.03. The predicted molar refractivity (Wildman–Crippen MR) is 109 cm³/mol. The van der Waals surface area contributed by atoms with Crippen molar-refractivity contribution < 1.29 is 22.4 Å². The van der Waals surface area contributed by atoms with E-state index in [2.05, 4.69) is 15.3 Å². The summed E-state index contributed by atoms with van der Waals surface area (Å²) < 4.78 is 52.7. The minimum atomic E-state index is -4.48. The van der Waals surface area contributed by atoms with Gasteiger partial charge >= 0.3 is 12.2 Å². The zero-order chi connectivity index (χ0) is 22.2. The molecule has 0 fully saturated rings. The largest absolute Gasteiger partial charge is 0.416 e. The van der Waals surface area contributed by atoms with E-state index in [1.807, 2.05) is 11.9 Å². The van der Waals surface area contributed by atoms with E-state index in [-0.39, 0.29) is 17.8 Å². The van der Waals surface area contributed by atoms with Crippen LogP contribution in [0.15, 0.2) is 54.9 Å². The van der Waals surface area contributed by atoms with Crippen LogP contribution in [0.1, 0.15) is 5.56 Å². The number of halogens is 4. The number of hydrogen-bond acceptors (Lipinski definition) is 4. The number of hydrogen-bond donors (Lipinski definition) is 1. The maximum absolute atomic E-state index is 13.4. The highest BCUT2D eigenvalue weighted by atomic mass is 19.4. The number of nitrogens with zero attached hydrogens (tertiary/aromatic N) is 4. The zero-order valence-corrected chi connectivity index (χ0v) is 16.3. The van der Waals surface area contributed by atoms with Crippen LogP contribution in [0.4, 0.5) is 39.5 Å². The van der Waals surface area contributed by atoms with Crippen molar-refractivity contribution >= 4 is 23.2 Å². The van der Waals surface area contributed by atoms with Gasteiger partial charge in [0.25, 0.3) is 0 Å². The molecule has 3 heterocycles. The van der Waals surface area contributed by atoms with Gasteiger partial charge in [-0.15, -0.1) is 0 Å². The average molecular weight is 431 g/mol. The first-order valence-electron chi connectivity index (χ1n) is 9.31. The highest BCUT2D eigenvalue weighted by Gasteiger charge is 2.31. The molecule has 0 atom stereocenters. The molecule has 0 saturated carbocycles. The summed E-state index contributed by atoms with van der Waals surface area (Å²) >= 11 is 0. The van der Waals surface area contributed by atoms with Crippen molar-refractivity contribution in [2.75, 3.05) is 35.3 Å². The van der Waals surface area contributed by atoms with Crippen LogP contribution in [0.5, 0.6) is 0 Å². The molecule has 0 unspecified atom stereocenters. The molecule has 2 amide bonds. The lowest BCUT2D eigenvalue weighted by Crippen LogP contribution is -2.45. The van der Waals surface area contributed by atoms with Gasteiger partial charge in [-0.3, -0.25) is 9.88 Å². The number of likely N-dealkylation sites (N-methyl/N-ethyl adjacent to an activating group) is 1. The lowest BCUT2D eigenvalue weighted by Gasteiger charge is -2.34. The van der Waals surface area contributed by atoms with Crippen LogP contribution in [0.25, 0.3) is 11.3 Å². The van der Waals surface area contributed by atoms with Gasteiger partial charge in [0.05, 0.1) is 35.0 Å². The Balaban J connectivity index is 1.69. The van der Waals surface area contributed by atoms with Gasteiger partial charge in [0.1, 0.15) is 5.82 Å². The number of aromatic nitrogens is 2. The lowest BCUT2D eigenvalue weighted by molar-refractivity contribution is -0.137. The second-order valence-corrected chi connectivity index (χ2v) is 7.01. The highest BCUT2D eigenvalue weighted by Crippen LogP contribution is 2.35. The van der Waals surface area contributed by atoms with Crippen LogP contribution < -0.4 is 15.1 Å². The zero-order valence-electron chi connectivity index (χ0n) is 16.3. The van der Waals surface area contributed by atoms with Crippen LogP contribution in [0.3, 0.4) is 0 Å². The Hall–Kier alpha value is -3.69. The number of carbonyl (C=O) groups is 1. The fourth-order valence-electron chi connectivity index (χ4n) is 3.30. The second-order valence-electron chi connectivity index (χ2n) is 7.01.